The van der Waals surface area contributed by atoms with E-state index in [1.165, 1.54) is 24.9 Å². The van der Waals surface area contributed by atoms with Crippen LogP contribution in [0.3, 0.4) is 0 Å². The molecule has 0 saturated carbocycles. The molecular weight excluding hydrogens is 602 g/mol. The third-order valence-corrected chi connectivity index (χ3v) is 8.51. The largest absolute Gasteiger partial charge is 0.477 e. The number of ether oxygens (including phenoxy) is 1. The molecule has 1 aromatic rings. The van der Waals surface area contributed by atoms with Gasteiger partial charge in [0.2, 0.25) is 0 Å². The van der Waals surface area contributed by atoms with Crippen molar-refractivity contribution in [3.8, 4) is 0 Å². The van der Waals surface area contributed by atoms with Crippen LogP contribution >= 0.6 is 50.8 Å². The number of aliphatic carboxylic acids is 1. The highest BCUT2D eigenvalue weighted by atomic mass is 79.9. The van der Waals surface area contributed by atoms with Crippen LogP contribution < -0.4 is 22.5 Å². The first-order valence-corrected chi connectivity index (χ1v) is 13.3. The average molecular weight is 623 g/mol. The molecule has 18 heteroatoms. The molecule has 0 aliphatic carbocycles. The Labute approximate surface area is 224 Å². The second-order valence-corrected chi connectivity index (χ2v) is 11.4. The van der Waals surface area contributed by atoms with Gasteiger partial charge in [-0.2, -0.15) is 0 Å². The summed E-state index contributed by atoms with van der Waals surface area (Å²) in [7, 11) is 1.25. The summed E-state index contributed by atoms with van der Waals surface area (Å²) < 4.78 is 5.05. The maximum absolute atomic E-state index is 12.9. The summed E-state index contributed by atoms with van der Waals surface area (Å²) in [5.74, 6) is -2.37. The smallest absolute Gasteiger partial charge is 0.404 e. The van der Waals surface area contributed by atoms with Crippen LogP contribution in [0.15, 0.2) is 31.0 Å². The molecule has 8 N–H and O–H groups in total. The lowest BCUT2D eigenvalue weighted by Crippen LogP contribution is -2.71. The van der Waals surface area contributed by atoms with Crippen LogP contribution in [-0.2, 0) is 24.0 Å². The average Bonchev–Trinajstić information content (AvgIpc) is 3.16. The Balaban J connectivity index is 1.72. The summed E-state index contributed by atoms with van der Waals surface area (Å²) in [5.41, 5.74) is 16.1. The number of thiazole rings is 1. The van der Waals surface area contributed by atoms with Crippen molar-refractivity contribution >= 4 is 85.5 Å². The summed E-state index contributed by atoms with van der Waals surface area (Å²) >= 11 is 6.70. The minimum Gasteiger partial charge on any atom is -0.477 e. The fourth-order valence-electron chi connectivity index (χ4n) is 3.09. The number of β-lactam (4-membered cyclic amide) rings is 1. The van der Waals surface area contributed by atoms with Crippen molar-refractivity contribution in [2.24, 2.45) is 16.6 Å². The molecule has 36 heavy (non-hydrogen) atoms. The lowest BCUT2D eigenvalue weighted by molar-refractivity contribution is -0.150. The topological polar surface area (TPSA) is 226 Å². The minimum atomic E-state index is -1.29. The zero-order valence-corrected chi connectivity index (χ0v) is 22.4. The van der Waals surface area contributed by atoms with Crippen LogP contribution in [0.1, 0.15) is 5.69 Å². The molecule has 0 bridgehead atoms. The van der Waals surface area contributed by atoms with Crippen molar-refractivity contribution < 1.29 is 33.9 Å². The number of carbonyl (C=O) groups excluding carboxylic acids is 3. The Bertz CT molecular complexity index is 1170. The fourth-order valence-corrected chi connectivity index (χ4v) is 6.84. The van der Waals surface area contributed by atoms with Crippen molar-refractivity contribution in [1.82, 2.24) is 15.2 Å². The van der Waals surface area contributed by atoms with E-state index in [-0.39, 0.29) is 34.6 Å². The molecule has 194 valence electrons. The molecule has 3 heterocycles. The van der Waals surface area contributed by atoms with E-state index in [1.807, 2.05) is 0 Å². The third-order valence-electron chi connectivity index (χ3n) is 4.60. The third kappa shape index (κ3) is 6.12. The van der Waals surface area contributed by atoms with Gasteiger partial charge in [-0.1, -0.05) is 34.3 Å². The number of thioether (sulfide) groups is 2. The molecule has 14 nitrogen and oxygen atoms in total. The van der Waals surface area contributed by atoms with Crippen molar-refractivity contribution in [1.29, 1.82) is 0 Å². The van der Waals surface area contributed by atoms with Gasteiger partial charge < -0.3 is 37.2 Å². The number of halogens is 1. The van der Waals surface area contributed by atoms with Crippen LogP contribution in [0.2, 0.25) is 0 Å². The summed E-state index contributed by atoms with van der Waals surface area (Å²) in [6.45, 7) is -0.140. The standard InChI is InChI=1S/C18H20BrN7O7S3/c1-32-25-9(8-12(19)36-17(21)24-8)13(27)23-10-14(28)26-11(16(29)30)7(5-35-15(10)26)34-3-2-6(20)4-33-18(22)31/h2-3,6,10,15H,4-5,20H2,1H3,(H2,21,24)(H2,22,31)(H,23,27)(H,29,30)/b3-2-,25-9-/t6-,10?,15-/m1/s1. The SMILES string of the molecule is CO/N=C(\C(=O)NC1C(=O)N2C(C(=O)O)=C(S/C=C\[C@@H](N)COC(N)=O)CS[C@H]12)c1nc(N)sc1Br. The van der Waals surface area contributed by atoms with E-state index in [0.717, 1.165) is 28.0 Å². The van der Waals surface area contributed by atoms with Gasteiger partial charge in [0, 0.05) is 10.7 Å². The van der Waals surface area contributed by atoms with E-state index < -0.39 is 41.3 Å². The predicted octanol–water partition coefficient (Wildman–Crippen LogP) is 0.204. The Hall–Kier alpha value is -2.80. The van der Waals surface area contributed by atoms with E-state index in [1.54, 1.807) is 5.41 Å². The molecule has 3 rings (SSSR count). The molecule has 3 amide bonds. The normalized spacial score (nSPS) is 20.6. The lowest BCUT2D eigenvalue weighted by Gasteiger charge is -2.49. The number of amides is 3. The minimum absolute atomic E-state index is 0.140. The number of nitrogens with two attached hydrogens (primary N) is 3. The second-order valence-electron chi connectivity index (χ2n) is 6.98. The number of hydrogen-bond acceptors (Lipinski definition) is 13. The first kappa shape index (κ1) is 27.8. The van der Waals surface area contributed by atoms with Crippen LogP contribution in [0.25, 0.3) is 0 Å². The van der Waals surface area contributed by atoms with Gasteiger partial charge in [0.1, 0.15) is 40.3 Å². The van der Waals surface area contributed by atoms with Gasteiger partial charge >= 0.3 is 12.1 Å². The lowest BCUT2D eigenvalue weighted by atomic mass is 10.0. The number of nitrogen functional groups attached to an aromatic ring is 1. The maximum Gasteiger partial charge on any atom is 0.404 e. The molecule has 3 atom stereocenters. The number of nitrogens with one attached hydrogen (secondary N) is 1. The Morgan fingerprint density at radius 2 is 2.19 bits per heavy atom. The van der Waals surface area contributed by atoms with Crippen molar-refractivity contribution in [2.45, 2.75) is 17.5 Å². The van der Waals surface area contributed by atoms with Crippen molar-refractivity contribution in [3.63, 3.8) is 0 Å². The predicted molar refractivity (Wildman–Crippen MR) is 138 cm³/mol. The van der Waals surface area contributed by atoms with Gasteiger partial charge in [-0.15, -0.1) is 11.8 Å². The number of carbonyl (C=O) groups is 4. The first-order valence-electron chi connectivity index (χ1n) is 9.81. The van der Waals surface area contributed by atoms with Crippen molar-refractivity contribution in [2.75, 3.05) is 25.2 Å². The van der Waals surface area contributed by atoms with E-state index in [0.29, 0.717) is 8.69 Å². The molecule has 1 unspecified atom stereocenters. The quantitative estimate of drug-likeness (QED) is 0.134. The Morgan fingerprint density at radius 1 is 1.47 bits per heavy atom. The molecule has 1 aromatic heterocycles. The van der Waals surface area contributed by atoms with Crippen LogP contribution in [0.4, 0.5) is 9.93 Å². The van der Waals surface area contributed by atoms with E-state index in [4.69, 9.17) is 22.0 Å². The summed E-state index contributed by atoms with van der Waals surface area (Å²) in [6.07, 6.45) is 0.552. The number of nitrogens with zero attached hydrogens (tertiary/aromatic N) is 3. The molecule has 0 spiro atoms. The second kappa shape index (κ2) is 12.0. The summed E-state index contributed by atoms with van der Waals surface area (Å²) in [4.78, 5) is 58.8. The van der Waals surface area contributed by atoms with Crippen LogP contribution in [-0.4, -0.2) is 81.5 Å². The summed E-state index contributed by atoms with van der Waals surface area (Å²) in [6, 6.07) is -1.64. The molecule has 0 aromatic carbocycles. The van der Waals surface area contributed by atoms with E-state index in [2.05, 4.69) is 36.1 Å². The number of primary amides is 1. The highest BCUT2D eigenvalue weighted by molar-refractivity contribution is 9.11. The summed E-state index contributed by atoms with van der Waals surface area (Å²) in [5, 5.41) is 17.2. The number of hydrogen-bond donors (Lipinski definition) is 5. The fraction of sp³-hybridized carbons (Fsp3) is 0.333. The van der Waals surface area contributed by atoms with Gasteiger partial charge in [-0.3, -0.25) is 14.5 Å². The molecule has 2 aliphatic heterocycles. The number of carboxylic acid groups (broad SMARTS) is 1. The van der Waals surface area contributed by atoms with Gasteiger partial charge in [-0.05, 0) is 21.3 Å². The zero-order chi connectivity index (χ0) is 26.6. The number of carboxylic acids is 1. The molecule has 1 fully saturated rings. The van der Waals surface area contributed by atoms with Crippen LogP contribution in [0.5, 0.6) is 0 Å². The Morgan fingerprint density at radius 3 is 2.78 bits per heavy atom. The number of oxime groups is 1. The molecule has 1 saturated heterocycles. The highest BCUT2D eigenvalue weighted by Gasteiger charge is 2.54. The van der Waals surface area contributed by atoms with Crippen LogP contribution in [0, 0.1) is 0 Å². The molecule has 2 aliphatic rings. The zero-order valence-electron chi connectivity index (χ0n) is 18.4. The monoisotopic (exact) mass is 621 g/mol. The highest BCUT2D eigenvalue weighted by Crippen LogP contribution is 2.43. The Kier molecular flexibility index (Phi) is 9.23. The van der Waals surface area contributed by atoms with Gasteiger partial charge in [0.25, 0.3) is 11.8 Å². The molecule has 0 radical (unpaired) electrons. The van der Waals surface area contributed by atoms with Gasteiger partial charge in [0.15, 0.2) is 10.8 Å². The number of aromatic nitrogens is 1. The maximum atomic E-state index is 12.9. The van der Waals surface area contributed by atoms with E-state index >= 15 is 0 Å². The number of anilines is 1. The number of rotatable bonds is 10. The van der Waals surface area contributed by atoms with Gasteiger partial charge in [-0.25, -0.2) is 14.6 Å². The van der Waals surface area contributed by atoms with Crippen molar-refractivity contribution in [3.05, 3.63) is 31.6 Å². The number of fused-ring (bicyclic) bond motifs is 1. The van der Waals surface area contributed by atoms with Gasteiger partial charge in [0.05, 0.1) is 6.04 Å². The van der Waals surface area contributed by atoms with E-state index in [9.17, 15) is 24.3 Å². The molecular formula is C18H20BrN7O7S3. The first-order chi connectivity index (χ1) is 17.0.